The van der Waals surface area contributed by atoms with E-state index in [0.29, 0.717) is 41.0 Å². The molecule has 2 aromatic heterocycles. The van der Waals surface area contributed by atoms with Crippen LogP contribution in [0.5, 0.6) is 11.6 Å². The lowest BCUT2D eigenvalue weighted by Gasteiger charge is -2.25. The van der Waals surface area contributed by atoms with Crippen molar-refractivity contribution in [3.8, 4) is 11.6 Å². The number of ether oxygens (including phenoxy) is 2. The van der Waals surface area contributed by atoms with E-state index in [1.807, 2.05) is 43.0 Å². The molecule has 10 heteroatoms. The topological polar surface area (TPSA) is 96.9 Å². The lowest BCUT2D eigenvalue weighted by Crippen LogP contribution is -2.41. The van der Waals surface area contributed by atoms with Gasteiger partial charge >= 0.3 is 6.03 Å². The zero-order valence-electron chi connectivity index (χ0n) is 19.6. The van der Waals surface area contributed by atoms with E-state index in [-0.39, 0.29) is 23.5 Å². The zero-order chi connectivity index (χ0) is 24.0. The van der Waals surface area contributed by atoms with E-state index in [4.69, 9.17) is 9.47 Å². The lowest BCUT2D eigenvalue weighted by atomic mass is 9.81. The Morgan fingerprint density at radius 2 is 2.00 bits per heavy atom. The van der Waals surface area contributed by atoms with Crippen molar-refractivity contribution in [3.63, 3.8) is 0 Å². The van der Waals surface area contributed by atoms with E-state index in [9.17, 15) is 9.59 Å². The number of amides is 3. The van der Waals surface area contributed by atoms with Crippen molar-refractivity contribution in [2.24, 2.45) is 0 Å². The van der Waals surface area contributed by atoms with Gasteiger partial charge in [-0.25, -0.2) is 14.8 Å². The third-order valence-corrected chi connectivity index (χ3v) is 7.24. The van der Waals surface area contributed by atoms with Gasteiger partial charge in [-0.05, 0) is 50.1 Å². The Kier molecular flexibility index (Phi) is 5.55. The Balaban J connectivity index is 1.45. The maximum absolute atomic E-state index is 13.4. The molecule has 1 spiro atoms. The molecule has 3 amide bonds. The molecule has 2 aliphatic rings. The number of aromatic nitrogens is 2. The molecule has 9 nitrogen and oxygen atoms in total. The number of anilines is 2. The van der Waals surface area contributed by atoms with Crippen LogP contribution < -0.4 is 19.7 Å². The van der Waals surface area contributed by atoms with Gasteiger partial charge < -0.3 is 14.4 Å². The molecule has 1 N–H and O–H groups in total. The summed E-state index contributed by atoms with van der Waals surface area (Å²) in [4.78, 5) is 38.7. The van der Waals surface area contributed by atoms with Crippen LogP contribution in [0.4, 0.5) is 15.6 Å². The van der Waals surface area contributed by atoms with Crippen LogP contribution >= 0.6 is 11.3 Å². The molecule has 2 aliphatic heterocycles. The van der Waals surface area contributed by atoms with E-state index in [2.05, 4.69) is 15.3 Å². The molecule has 0 aliphatic carbocycles. The van der Waals surface area contributed by atoms with E-state index in [1.54, 1.807) is 25.0 Å². The highest BCUT2D eigenvalue weighted by molar-refractivity contribution is 7.22. The second-order valence-electron chi connectivity index (χ2n) is 9.03. The number of carbonyl (C=O) groups excluding carboxylic acids is 2. The van der Waals surface area contributed by atoms with Crippen molar-refractivity contribution in [2.75, 3.05) is 37.0 Å². The number of carbonyl (C=O) groups is 2. The number of benzene rings is 1. The summed E-state index contributed by atoms with van der Waals surface area (Å²) in [6.07, 6.45) is 0.831. The van der Waals surface area contributed by atoms with Crippen molar-refractivity contribution in [3.05, 3.63) is 35.9 Å². The Bertz CT molecular complexity index is 1280. The van der Waals surface area contributed by atoms with Gasteiger partial charge in [-0.2, -0.15) is 0 Å². The quantitative estimate of drug-likeness (QED) is 0.604. The molecule has 5 rings (SSSR count). The fraction of sp³-hybridized carbons (Fsp3) is 0.417. The van der Waals surface area contributed by atoms with Crippen LogP contribution in [0.3, 0.4) is 0 Å². The molecule has 0 saturated carbocycles. The monoisotopic (exact) mass is 481 g/mol. The minimum Gasteiger partial charge on any atom is -0.491 e. The van der Waals surface area contributed by atoms with E-state index >= 15 is 0 Å². The van der Waals surface area contributed by atoms with Gasteiger partial charge in [0.1, 0.15) is 16.1 Å². The van der Waals surface area contributed by atoms with E-state index in [1.165, 1.54) is 11.3 Å². The highest BCUT2D eigenvalue weighted by Crippen LogP contribution is 2.48. The largest absolute Gasteiger partial charge is 0.491 e. The number of likely N-dealkylation sites (tertiary alicyclic amines) is 1. The van der Waals surface area contributed by atoms with Gasteiger partial charge in [0.25, 0.3) is 0 Å². The van der Waals surface area contributed by atoms with Crippen molar-refractivity contribution < 1.29 is 19.1 Å². The van der Waals surface area contributed by atoms with Crippen molar-refractivity contribution >= 4 is 44.4 Å². The number of methoxy groups -OCH3 is 1. The van der Waals surface area contributed by atoms with Gasteiger partial charge in [0, 0.05) is 43.7 Å². The third-order valence-electron chi connectivity index (χ3n) is 6.36. The minimum absolute atomic E-state index is 0.0402. The fourth-order valence-electron chi connectivity index (χ4n) is 4.79. The Hall–Kier alpha value is -3.40. The molecule has 1 fully saturated rings. The highest BCUT2D eigenvalue weighted by atomic mass is 32.1. The standard InChI is InChI=1S/C24H27N5O4S/c1-14(2)33-16-5-7-19-17(11-16)24(9-10-28(12-24)15(3)30)13-29(19)23(31)27-22-25-18-6-8-20(32-4)26-21(18)34-22/h5-8,11,14H,9-10,12-13H2,1-4H3,(H,25,27,31). The maximum Gasteiger partial charge on any atom is 0.328 e. The first-order chi connectivity index (χ1) is 16.3. The third kappa shape index (κ3) is 3.91. The van der Waals surface area contributed by atoms with Gasteiger partial charge in [-0.3, -0.25) is 15.0 Å². The Morgan fingerprint density at radius 3 is 2.71 bits per heavy atom. The number of nitrogens with one attached hydrogen (secondary N) is 1. The number of pyridine rings is 1. The summed E-state index contributed by atoms with van der Waals surface area (Å²) in [5.41, 5.74) is 2.25. The predicted octanol–water partition coefficient (Wildman–Crippen LogP) is 4.03. The van der Waals surface area contributed by atoms with Crippen LogP contribution in [0.25, 0.3) is 10.3 Å². The smallest absolute Gasteiger partial charge is 0.328 e. The molecule has 1 saturated heterocycles. The van der Waals surface area contributed by atoms with Crippen LogP contribution in [0.1, 0.15) is 32.8 Å². The molecule has 1 atom stereocenters. The number of urea groups is 1. The number of fused-ring (bicyclic) bond motifs is 3. The number of hydrogen-bond donors (Lipinski definition) is 1. The van der Waals surface area contributed by atoms with Crippen LogP contribution in [0.15, 0.2) is 30.3 Å². The first-order valence-electron chi connectivity index (χ1n) is 11.2. The molecule has 178 valence electrons. The number of rotatable bonds is 4. The highest BCUT2D eigenvalue weighted by Gasteiger charge is 2.49. The van der Waals surface area contributed by atoms with Gasteiger partial charge in [0.2, 0.25) is 11.8 Å². The molecule has 34 heavy (non-hydrogen) atoms. The summed E-state index contributed by atoms with van der Waals surface area (Å²) in [7, 11) is 1.56. The summed E-state index contributed by atoms with van der Waals surface area (Å²) in [6, 6.07) is 9.15. The first kappa shape index (κ1) is 22.4. The molecular formula is C24H27N5O4S. The molecule has 1 aromatic carbocycles. The predicted molar refractivity (Wildman–Crippen MR) is 131 cm³/mol. The second-order valence-corrected chi connectivity index (χ2v) is 10.0. The lowest BCUT2D eigenvalue weighted by molar-refractivity contribution is -0.127. The van der Waals surface area contributed by atoms with E-state index < -0.39 is 0 Å². The first-order valence-corrected chi connectivity index (χ1v) is 12.1. The Morgan fingerprint density at radius 1 is 1.18 bits per heavy atom. The molecule has 4 heterocycles. The van der Waals surface area contributed by atoms with Crippen molar-refractivity contribution in [2.45, 2.75) is 38.7 Å². The summed E-state index contributed by atoms with van der Waals surface area (Å²) in [5.74, 6) is 1.32. The summed E-state index contributed by atoms with van der Waals surface area (Å²) >= 11 is 1.30. The summed E-state index contributed by atoms with van der Waals surface area (Å²) in [6.45, 7) is 7.30. The molecular weight excluding hydrogens is 454 g/mol. The summed E-state index contributed by atoms with van der Waals surface area (Å²) < 4.78 is 11.1. The van der Waals surface area contributed by atoms with Crippen LogP contribution in [0.2, 0.25) is 0 Å². The van der Waals surface area contributed by atoms with Crippen molar-refractivity contribution in [1.29, 1.82) is 0 Å². The van der Waals surface area contributed by atoms with Gasteiger partial charge in [-0.15, -0.1) is 0 Å². The number of hydrogen-bond acceptors (Lipinski definition) is 7. The van der Waals surface area contributed by atoms with Gasteiger partial charge in [0.05, 0.1) is 13.2 Å². The molecule has 3 aromatic rings. The minimum atomic E-state index is -0.322. The fourth-order valence-corrected chi connectivity index (χ4v) is 5.61. The second kappa shape index (κ2) is 8.43. The van der Waals surface area contributed by atoms with Gasteiger partial charge in [0.15, 0.2) is 5.13 Å². The average Bonchev–Trinajstić information content (AvgIpc) is 3.49. The SMILES string of the molecule is COc1ccc2nc(NC(=O)N3CC4(CCN(C(C)=O)C4)c4cc(OC(C)C)ccc43)sc2n1. The average molecular weight is 482 g/mol. The van der Waals surface area contributed by atoms with Crippen LogP contribution in [0, 0.1) is 0 Å². The van der Waals surface area contributed by atoms with Crippen LogP contribution in [-0.4, -0.2) is 59.7 Å². The van der Waals surface area contributed by atoms with E-state index in [0.717, 1.165) is 23.4 Å². The maximum atomic E-state index is 13.4. The van der Waals surface area contributed by atoms with Crippen molar-refractivity contribution in [1.82, 2.24) is 14.9 Å². The molecule has 0 radical (unpaired) electrons. The number of nitrogens with zero attached hydrogens (tertiary/aromatic N) is 4. The summed E-state index contributed by atoms with van der Waals surface area (Å²) in [5, 5.41) is 3.41. The number of thiazole rings is 1. The van der Waals surface area contributed by atoms with Gasteiger partial charge in [-0.1, -0.05) is 11.3 Å². The van der Waals surface area contributed by atoms with Crippen LogP contribution in [-0.2, 0) is 10.2 Å². The normalized spacial score (nSPS) is 19.2. The zero-order valence-corrected chi connectivity index (χ0v) is 20.4. The molecule has 1 unspecified atom stereocenters. The Labute approximate surface area is 201 Å². The molecule has 0 bridgehead atoms.